The van der Waals surface area contributed by atoms with E-state index in [4.69, 9.17) is 4.74 Å². The van der Waals surface area contributed by atoms with Crippen molar-refractivity contribution in [3.8, 4) is 0 Å². The first-order valence-corrected chi connectivity index (χ1v) is 20.5. The Kier molecular flexibility index (Phi) is 17.8. The van der Waals surface area contributed by atoms with Crippen LogP contribution in [0.3, 0.4) is 0 Å². The zero-order valence-corrected chi connectivity index (χ0v) is 30.7. The lowest BCUT2D eigenvalue weighted by atomic mass is 9.44. The summed E-state index contributed by atoms with van der Waals surface area (Å²) in [4.78, 5) is 12.8. The molecule has 0 spiro atoms. The molecule has 0 radical (unpaired) electrons. The first-order chi connectivity index (χ1) is 21.3. The summed E-state index contributed by atoms with van der Waals surface area (Å²) in [5.41, 5.74) is 0.632. The predicted molar refractivity (Wildman–Crippen MR) is 191 cm³/mol. The van der Waals surface area contributed by atoms with Crippen LogP contribution < -0.4 is 0 Å². The zero-order valence-electron chi connectivity index (χ0n) is 30.7. The molecule has 0 aromatic heterocycles. The fourth-order valence-electron chi connectivity index (χ4n) is 10.5. The van der Waals surface area contributed by atoms with E-state index in [9.17, 15) is 4.79 Å². The van der Waals surface area contributed by atoms with Gasteiger partial charge in [-0.1, -0.05) is 157 Å². The Bertz CT molecular complexity index is 759. The highest BCUT2D eigenvalue weighted by Crippen LogP contribution is 2.64. The third-order valence-electron chi connectivity index (χ3n) is 13.3. The molecule has 3 rings (SSSR count). The third-order valence-corrected chi connectivity index (χ3v) is 13.3. The van der Waals surface area contributed by atoms with Crippen LogP contribution in [-0.2, 0) is 9.53 Å². The molecule has 0 heterocycles. The second kappa shape index (κ2) is 20.7. The molecule has 258 valence electrons. The summed E-state index contributed by atoms with van der Waals surface area (Å²) in [6.45, 7) is 12.9. The van der Waals surface area contributed by atoms with Gasteiger partial charge >= 0.3 is 5.97 Å². The minimum atomic E-state index is 0.0663. The fourth-order valence-corrected chi connectivity index (χ4v) is 10.5. The lowest BCUT2D eigenvalue weighted by Crippen LogP contribution is -2.55. The summed E-state index contributed by atoms with van der Waals surface area (Å²) in [5.74, 6) is 4.41. The molecule has 0 N–H and O–H groups in total. The fraction of sp³-hybridized carbons (Fsp3) is 0.976. The van der Waals surface area contributed by atoms with Crippen molar-refractivity contribution in [2.75, 3.05) is 6.61 Å². The van der Waals surface area contributed by atoms with Gasteiger partial charge < -0.3 is 4.74 Å². The number of fused-ring (bicyclic) bond motifs is 3. The molecule has 0 bridgehead atoms. The van der Waals surface area contributed by atoms with Gasteiger partial charge in [-0.05, 0) is 86.4 Å². The van der Waals surface area contributed by atoms with E-state index in [0.29, 0.717) is 18.4 Å². The van der Waals surface area contributed by atoms with Gasteiger partial charge in [-0.2, -0.15) is 0 Å². The highest BCUT2D eigenvalue weighted by atomic mass is 16.5. The number of hydrogen-bond acceptors (Lipinski definition) is 2. The van der Waals surface area contributed by atoms with Crippen molar-refractivity contribution in [3.63, 3.8) is 0 Å². The molecule has 0 aliphatic heterocycles. The predicted octanol–water partition coefficient (Wildman–Crippen LogP) is 13.6. The molecule has 6 atom stereocenters. The van der Waals surface area contributed by atoms with Crippen LogP contribution in [0, 0.1) is 40.4 Å². The molecule has 6 unspecified atom stereocenters. The average Bonchev–Trinajstić information content (AvgIpc) is 3.01. The normalized spacial score (nSPS) is 30.2. The monoisotopic (exact) mass is 615 g/mol. The van der Waals surface area contributed by atoms with E-state index < -0.39 is 0 Å². The molecule has 3 aliphatic rings. The molecular formula is C42H78O2. The van der Waals surface area contributed by atoms with Crippen LogP contribution >= 0.6 is 0 Å². The van der Waals surface area contributed by atoms with E-state index in [-0.39, 0.29) is 11.4 Å². The third kappa shape index (κ3) is 12.2. The van der Waals surface area contributed by atoms with Gasteiger partial charge in [0.2, 0.25) is 0 Å². The molecular weight excluding hydrogens is 536 g/mol. The van der Waals surface area contributed by atoms with Gasteiger partial charge in [-0.15, -0.1) is 0 Å². The lowest BCUT2D eigenvalue weighted by molar-refractivity contribution is -0.163. The molecule has 44 heavy (non-hydrogen) atoms. The van der Waals surface area contributed by atoms with Crippen molar-refractivity contribution in [3.05, 3.63) is 0 Å². The van der Waals surface area contributed by atoms with Crippen molar-refractivity contribution >= 4 is 5.97 Å². The molecule has 3 saturated carbocycles. The topological polar surface area (TPSA) is 26.3 Å². The number of carbonyl (C=O) groups excluding carboxylic acids is 1. The quantitative estimate of drug-likeness (QED) is 0.0845. The largest absolute Gasteiger partial charge is 0.465 e. The Hall–Kier alpha value is -0.530. The Morgan fingerprint density at radius 2 is 1.20 bits per heavy atom. The average molecular weight is 615 g/mol. The van der Waals surface area contributed by atoms with Gasteiger partial charge in [-0.25, -0.2) is 0 Å². The Morgan fingerprint density at radius 3 is 1.73 bits per heavy atom. The molecule has 0 aromatic carbocycles. The van der Waals surface area contributed by atoms with Crippen LogP contribution in [0.2, 0.25) is 0 Å². The first kappa shape index (κ1) is 37.9. The minimum Gasteiger partial charge on any atom is -0.465 e. The summed E-state index contributed by atoms with van der Waals surface area (Å²) in [7, 11) is 0. The molecule has 2 heteroatoms. The minimum absolute atomic E-state index is 0.0663. The first-order valence-electron chi connectivity index (χ1n) is 20.5. The van der Waals surface area contributed by atoms with Gasteiger partial charge in [0.15, 0.2) is 0 Å². The van der Waals surface area contributed by atoms with Crippen LogP contribution in [0.1, 0.15) is 214 Å². The summed E-state index contributed by atoms with van der Waals surface area (Å²) < 4.78 is 6.06. The van der Waals surface area contributed by atoms with Gasteiger partial charge in [0.05, 0.1) is 6.61 Å². The number of ether oxygens (including phenoxy) is 1. The van der Waals surface area contributed by atoms with E-state index in [1.165, 1.54) is 167 Å². The van der Waals surface area contributed by atoms with Gasteiger partial charge in [-0.3, -0.25) is 4.79 Å². The second-order valence-electron chi connectivity index (χ2n) is 17.1. The zero-order chi connectivity index (χ0) is 31.7. The maximum atomic E-state index is 12.8. The van der Waals surface area contributed by atoms with Crippen LogP contribution in [0.4, 0.5) is 0 Å². The maximum Gasteiger partial charge on any atom is 0.305 e. The van der Waals surface area contributed by atoms with Crippen molar-refractivity contribution in [2.45, 2.75) is 214 Å². The highest BCUT2D eigenvalue weighted by Gasteiger charge is 2.57. The van der Waals surface area contributed by atoms with Crippen LogP contribution in [-0.4, -0.2) is 12.6 Å². The van der Waals surface area contributed by atoms with E-state index in [0.717, 1.165) is 36.0 Å². The highest BCUT2D eigenvalue weighted by molar-refractivity contribution is 5.69. The summed E-state index contributed by atoms with van der Waals surface area (Å²) >= 11 is 0. The van der Waals surface area contributed by atoms with Crippen molar-refractivity contribution in [1.29, 1.82) is 0 Å². The standard InChI is InChI=1S/C42H78O2/c1-6-7-8-9-10-11-12-13-14-15-16-17-18-19-20-21-22-23-24-26-40(43)44-34-41(4)31-25-32-42(5)38-29-27-36(35(2)3)33-37(38)28-30-39(41)42/h35-39H,6-34H2,1-5H3. The van der Waals surface area contributed by atoms with E-state index in [1.807, 2.05) is 0 Å². The maximum absolute atomic E-state index is 12.8. The lowest BCUT2D eigenvalue weighted by Gasteiger charge is -2.61. The van der Waals surface area contributed by atoms with Crippen molar-refractivity contribution in [1.82, 2.24) is 0 Å². The number of unbranched alkanes of at least 4 members (excludes halogenated alkanes) is 18. The number of hydrogen-bond donors (Lipinski definition) is 0. The summed E-state index contributed by atoms with van der Waals surface area (Å²) in [5, 5.41) is 0. The molecule has 0 aromatic rings. The molecule has 3 fully saturated rings. The van der Waals surface area contributed by atoms with Crippen LogP contribution in [0.25, 0.3) is 0 Å². The van der Waals surface area contributed by atoms with Crippen molar-refractivity contribution in [2.24, 2.45) is 40.4 Å². The van der Waals surface area contributed by atoms with E-state index in [1.54, 1.807) is 0 Å². The molecule has 0 amide bonds. The SMILES string of the molecule is CCCCCCCCCCCCCCCCCCCCCC(=O)OCC1(C)CCCC2(C)C3CCC(C(C)C)CC3CCC12. The van der Waals surface area contributed by atoms with Gasteiger partial charge in [0.1, 0.15) is 0 Å². The van der Waals surface area contributed by atoms with Gasteiger partial charge in [0.25, 0.3) is 0 Å². The Balaban J connectivity index is 1.17. The number of rotatable bonds is 23. The van der Waals surface area contributed by atoms with Crippen LogP contribution in [0.15, 0.2) is 0 Å². The molecule has 3 aliphatic carbocycles. The van der Waals surface area contributed by atoms with Crippen molar-refractivity contribution < 1.29 is 9.53 Å². The Labute approximate surface area is 276 Å². The summed E-state index contributed by atoms with van der Waals surface area (Å²) in [6, 6.07) is 0. The summed E-state index contributed by atoms with van der Waals surface area (Å²) in [6.07, 6.45) is 38.0. The van der Waals surface area contributed by atoms with E-state index in [2.05, 4.69) is 34.6 Å². The van der Waals surface area contributed by atoms with Crippen LogP contribution in [0.5, 0.6) is 0 Å². The molecule has 0 saturated heterocycles. The van der Waals surface area contributed by atoms with Gasteiger partial charge in [0, 0.05) is 11.8 Å². The molecule has 2 nitrogen and oxygen atoms in total. The smallest absolute Gasteiger partial charge is 0.305 e. The number of carbonyl (C=O) groups is 1. The second-order valence-corrected chi connectivity index (χ2v) is 17.1. The Morgan fingerprint density at radius 1 is 0.682 bits per heavy atom. The van der Waals surface area contributed by atoms with E-state index >= 15 is 0 Å². The number of esters is 1.